The van der Waals surface area contributed by atoms with Crippen molar-refractivity contribution in [1.29, 1.82) is 0 Å². The average molecular weight is 1030 g/mol. The summed E-state index contributed by atoms with van der Waals surface area (Å²) < 4.78 is 24.8. The molecule has 0 aromatic heterocycles. The van der Waals surface area contributed by atoms with Gasteiger partial charge in [0, 0.05) is 24.9 Å². The number of carboxylic acids is 1. The number of nitrogens with one attached hydrogen (secondary N) is 1. The number of likely N-dealkylation sites (tertiary alicyclic amines) is 1. The van der Waals surface area contributed by atoms with Crippen LogP contribution in [0.4, 0.5) is 4.79 Å². The van der Waals surface area contributed by atoms with E-state index in [1.807, 2.05) is 91.9 Å². The van der Waals surface area contributed by atoms with E-state index in [1.54, 1.807) is 12.0 Å². The lowest BCUT2D eigenvalue weighted by molar-refractivity contribution is -0.154. The minimum absolute atomic E-state index is 0.0424. The molecule has 8 rings (SSSR count). The third-order valence-corrected chi connectivity index (χ3v) is 19.7. The fourth-order valence-electron chi connectivity index (χ4n) is 15.6. The first-order valence-corrected chi connectivity index (χ1v) is 29.1. The van der Waals surface area contributed by atoms with Gasteiger partial charge in [-0.2, -0.15) is 0 Å². The van der Waals surface area contributed by atoms with Crippen LogP contribution in [0.2, 0.25) is 0 Å². The van der Waals surface area contributed by atoms with Gasteiger partial charge in [-0.05, 0) is 152 Å². The Kier molecular flexibility index (Phi) is 18.8. The standard InChI is InChI=1S/C64H90N2O9/c1-43(2)17-16-19-44(3)54-30-31-55-53-29-26-50-39-52(34-36-62(50,5)56(53)35-37-63(54,55)6)74-61(71)65-38-15-14-18-45(4)60(70)66-40-46(57(41-66)75-59(69)33-32-58(67)68)42-73-64(47-20-10-8-11-21-47,48-22-12-9-13-23-48)49-24-27-51(72-7)28-25-49/h8-13,20-25,27-28,43-46,50,52-57H,14-19,26,29-42H2,1-7H3,(H,65,71)(H,67,68)/t44?,45?,46?,50?,52?,53?,54?,55?,56?,57?,62-,63+/m0/s1. The van der Waals surface area contributed by atoms with Gasteiger partial charge in [-0.15, -0.1) is 0 Å². The molecule has 11 nitrogen and oxygen atoms in total. The van der Waals surface area contributed by atoms with Crippen LogP contribution in [-0.4, -0.2) is 79.5 Å². The summed E-state index contributed by atoms with van der Waals surface area (Å²) in [5, 5.41) is 12.3. The van der Waals surface area contributed by atoms with E-state index < -0.39 is 29.6 Å². The van der Waals surface area contributed by atoms with Crippen molar-refractivity contribution in [2.45, 2.75) is 169 Å². The van der Waals surface area contributed by atoms with Gasteiger partial charge in [0.1, 0.15) is 23.6 Å². The maximum atomic E-state index is 14.2. The number of hydrogen-bond acceptors (Lipinski definition) is 8. The summed E-state index contributed by atoms with van der Waals surface area (Å²) in [6.45, 7) is 15.6. The number of carboxylic acid groups (broad SMARTS) is 1. The Balaban J connectivity index is 0.819. The number of unbranched alkanes of at least 4 members (excludes halogenated alkanes) is 1. The zero-order valence-corrected chi connectivity index (χ0v) is 46.4. The first kappa shape index (κ1) is 56.3. The first-order chi connectivity index (χ1) is 36.0. The Bertz CT molecular complexity index is 2300. The number of hydrogen-bond donors (Lipinski definition) is 2. The van der Waals surface area contributed by atoms with Gasteiger partial charge in [-0.3, -0.25) is 14.4 Å². The van der Waals surface area contributed by atoms with E-state index in [-0.39, 0.29) is 50.0 Å². The average Bonchev–Trinajstić information content (AvgIpc) is 4.00. The van der Waals surface area contributed by atoms with Gasteiger partial charge < -0.3 is 34.3 Å². The molecule has 0 bridgehead atoms. The number of methoxy groups -OCH3 is 1. The molecule has 4 aliphatic carbocycles. The number of alkyl carbamates (subject to hydrolysis) is 1. The summed E-state index contributed by atoms with van der Waals surface area (Å²) in [6.07, 6.45) is 15.7. The zero-order chi connectivity index (χ0) is 53.3. The summed E-state index contributed by atoms with van der Waals surface area (Å²) in [4.78, 5) is 53.6. The van der Waals surface area contributed by atoms with Gasteiger partial charge in [0.25, 0.3) is 0 Å². The second kappa shape index (κ2) is 25.1. The lowest BCUT2D eigenvalue weighted by Gasteiger charge is -2.61. The highest BCUT2D eigenvalue weighted by molar-refractivity contribution is 5.79. The van der Waals surface area contributed by atoms with Crippen LogP contribution in [0.1, 0.15) is 167 Å². The van der Waals surface area contributed by atoms with Crippen LogP contribution in [0, 0.1) is 64.1 Å². The Morgan fingerprint density at radius 2 is 1.39 bits per heavy atom. The van der Waals surface area contributed by atoms with Crippen molar-refractivity contribution >= 4 is 23.9 Å². The van der Waals surface area contributed by atoms with Crippen molar-refractivity contribution in [1.82, 2.24) is 10.2 Å². The summed E-state index contributed by atoms with van der Waals surface area (Å²) >= 11 is 0. The predicted octanol–water partition coefficient (Wildman–Crippen LogP) is 13.3. The molecule has 11 heteroatoms. The molecule has 3 aromatic carbocycles. The molecule has 1 saturated heterocycles. The first-order valence-electron chi connectivity index (χ1n) is 29.1. The number of fused-ring (bicyclic) bond motifs is 5. The Labute approximate surface area is 449 Å². The lowest BCUT2D eigenvalue weighted by Crippen LogP contribution is -2.54. The van der Waals surface area contributed by atoms with Crippen molar-refractivity contribution in [3.05, 3.63) is 102 Å². The number of aliphatic carboxylic acids is 1. The van der Waals surface area contributed by atoms with Crippen molar-refractivity contribution in [3.63, 3.8) is 0 Å². The van der Waals surface area contributed by atoms with Crippen molar-refractivity contribution in [2.24, 2.45) is 64.1 Å². The normalized spacial score (nSPS) is 29.1. The van der Waals surface area contributed by atoms with Crippen molar-refractivity contribution < 1.29 is 43.2 Å². The smallest absolute Gasteiger partial charge is 0.407 e. The number of benzene rings is 3. The second-order valence-corrected chi connectivity index (χ2v) is 24.7. The van der Waals surface area contributed by atoms with E-state index in [1.165, 1.54) is 57.8 Å². The number of ether oxygens (including phenoxy) is 4. The minimum Gasteiger partial charge on any atom is -0.497 e. The Morgan fingerprint density at radius 3 is 2.05 bits per heavy atom. The van der Waals surface area contributed by atoms with E-state index >= 15 is 0 Å². The largest absolute Gasteiger partial charge is 0.497 e. The molecule has 1 aliphatic heterocycles. The zero-order valence-electron chi connectivity index (χ0n) is 46.4. The van der Waals surface area contributed by atoms with E-state index in [9.17, 15) is 24.3 Å². The summed E-state index contributed by atoms with van der Waals surface area (Å²) in [5.74, 6) is 3.86. The quantitative estimate of drug-likeness (QED) is 0.0539. The number of carbonyl (C=O) groups excluding carboxylic acids is 3. The molecule has 12 atom stereocenters. The van der Waals surface area contributed by atoms with Crippen molar-refractivity contribution in [3.8, 4) is 5.75 Å². The fraction of sp³-hybridized carbons (Fsp3) is 0.656. The molecule has 3 aromatic rings. The topological polar surface area (TPSA) is 141 Å². The summed E-state index contributed by atoms with van der Waals surface area (Å²) in [6, 6.07) is 27.8. The van der Waals surface area contributed by atoms with Crippen molar-refractivity contribution in [2.75, 3.05) is 33.4 Å². The third kappa shape index (κ3) is 12.8. The molecule has 1 heterocycles. The monoisotopic (exact) mass is 1030 g/mol. The molecule has 10 unspecified atom stereocenters. The fourth-order valence-corrected chi connectivity index (χ4v) is 15.6. The highest BCUT2D eigenvalue weighted by atomic mass is 16.6. The third-order valence-electron chi connectivity index (χ3n) is 19.7. The maximum absolute atomic E-state index is 14.2. The number of amides is 2. The van der Waals surface area contributed by atoms with Crippen LogP contribution < -0.4 is 10.1 Å². The van der Waals surface area contributed by atoms with E-state index in [4.69, 9.17) is 18.9 Å². The van der Waals surface area contributed by atoms with Gasteiger partial charge in [-0.25, -0.2) is 4.79 Å². The minimum atomic E-state index is -1.08. The number of esters is 1. The van der Waals surface area contributed by atoms with Crippen LogP contribution in [-0.2, 0) is 34.2 Å². The lowest BCUT2D eigenvalue weighted by atomic mass is 9.44. The second-order valence-electron chi connectivity index (χ2n) is 24.7. The van der Waals surface area contributed by atoms with Gasteiger partial charge in [0.2, 0.25) is 5.91 Å². The Morgan fingerprint density at radius 1 is 0.720 bits per heavy atom. The van der Waals surface area contributed by atoms with E-state index in [0.717, 1.165) is 77.9 Å². The molecule has 0 spiro atoms. The van der Waals surface area contributed by atoms with Crippen LogP contribution >= 0.6 is 0 Å². The van der Waals surface area contributed by atoms with E-state index in [0.29, 0.717) is 48.4 Å². The molecular weight excluding hydrogens is 941 g/mol. The number of carbonyl (C=O) groups is 4. The molecule has 410 valence electrons. The van der Waals surface area contributed by atoms with Crippen LogP contribution in [0.15, 0.2) is 84.9 Å². The predicted molar refractivity (Wildman–Crippen MR) is 293 cm³/mol. The molecule has 2 N–H and O–H groups in total. The molecule has 75 heavy (non-hydrogen) atoms. The van der Waals surface area contributed by atoms with Gasteiger partial charge >= 0.3 is 18.0 Å². The molecule has 5 fully saturated rings. The van der Waals surface area contributed by atoms with E-state index in [2.05, 4.69) is 39.9 Å². The molecule has 5 aliphatic rings. The van der Waals surface area contributed by atoms with Gasteiger partial charge in [0.15, 0.2) is 0 Å². The maximum Gasteiger partial charge on any atom is 0.407 e. The highest BCUT2D eigenvalue weighted by Gasteiger charge is 2.61. The van der Waals surface area contributed by atoms with Crippen LogP contribution in [0.5, 0.6) is 5.75 Å². The SMILES string of the molecule is COc1ccc(C(OCC2CN(C(=O)C(C)CCCCNC(=O)OC3CC[C@@]4(C)C(CCC5C6CCC(C(C)CCCC(C)C)[C@@]6(C)CCC54)C3)CC2OC(=O)CCC(=O)O)(c2ccccc2)c2ccccc2)cc1. The summed E-state index contributed by atoms with van der Waals surface area (Å²) in [5.41, 5.74) is 2.44. The number of rotatable bonds is 23. The number of nitrogens with zero attached hydrogens (tertiary/aromatic N) is 1. The molecule has 4 saturated carbocycles. The molecule has 2 amide bonds. The van der Waals surface area contributed by atoms with Gasteiger partial charge in [0.05, 0.1) is 33.1 Å². The summed E-state index contributed by atoms with van der Waals surface area (Å²) in [7, 11) is 1.63. The van der Waals surface area contributed by atoms with Crippen LogP contribution in [0.3, 0.4) is 0 Å². The molecule has 0 radical (unpaired) electrons. The van der Waals surface area contributed by atoms with Gasteiger partial charge in [-0.1, -0.05) is 140 Å². The highest BCUT2D eigenvalue weighted by Crippen LogP contribution is 2.68. The Hall–Kier alpha value is -4.90. The van der Waals surface area contributed by atoms with Crippen LogP contribution in [0.25, 0.3) is 0 Å². The molecular formula is C64H90N2O9.